The second kappa shape index (κ2) is 6.62. The van der Waals surface area contributed by atoms with Crippen molar-refractivity contribution in [3.05, 3.63) is 29.0 Å². The Morgan fingerprint density at radius 3 is 2.96 bits per heavy atom. The summed E-state index contributed by atoms with van der Waals surface area (Å²) in [5.74, 6) is -0.591. The molecule has 2 saturated heterocycles. The van der Waals surface area contributed by atoms with Crippen LogP contribution in [-0.2, 0) is 4.79 Å². The molecule has 2 aliphatic heterocycles. The number of carbonyl (C=O) groups is 2. The van der Waals surface area contributed by atoms with Gasteiger partial charge in [0.25, 0.3) is 0 Å². The molecule has 0 saturated carbocycles. The van der Waals surface area contributed by atoms with Crippen molar-refractivity contribution in [2.75, 3.05) is 37.6 Å². The molecule has 1 aromatic rings. The summed E-state index contributed by atoms with van der Waals surface area (Å²) < 4.78 is 13.5. The van der Waals surface area contributed by atoms with Crippen molar-refractivity contribution < 1.29 is 14.0 Å². The van der Waals surface area contributed by atoms with Gasteiger partial charge in [-0.15, -0.1) is 0 Å². The average Bonchev–Trinajstić information content (AvgIpc) is 2.98. The zero-order chi connectivity index (χ0) is 16.4. The number of piperazine rings is 1. The van der Waals surface area contributed by atoms with E-state index < -0.39 is 5.82 Å². The molecule has 8 heteroatoms. The van der Waals surface area contributed by atoms with Crippen LogP contribution in [0.4, 0.5) is 14.9 Å². The summed E-state index contributed by atoms with van der Waals surface area (Å²) in [6, 6.07) is 4.46. The molecule has 0 radical (unpaired) electrons. The minimum absolute atomic E-state index is 0.0220. The van der Waals surface area contributed by atoms with Gasteiger partial charge in [-0.1, -0.05) is 11.6 Å². The molecule has 0 aromatic heterocycles. The van der Waals surface area contributed by atoms with Gasteiger partial charge in [-0.25, -0.2) is 9.18 Å². The molecule has 0 spiro atoms. The standard InChI is InChI=1S/C15H18ClFN4O2/c16-12-2-1-11(7-13(12)17)20-5-3-10(8-20)19-15(23)21-6-4-18-14(22)9-21/h1-2,7,10H,3-6,8-9H2,(H,18,22)(H,19,23)/t10-/m1/s1. The fourth-order valence-electron chi connectivity index (χ4n) is 2.87. The van der Waals surface area contributed by atoms with Crippen molar-refractivity contribution in [3.63, 3.8) is 0 Å². The Morgan fingerprint density at radius 1 is 1.39 bits per heavy atom. The summed E-state index contributed by atoms with van der Waals surface area (Å²) in [5.41, 5.74) is 0.751. The van der Waals surface area contributed by atoms with Crippen LogP contribution >= 0.6 is 11.6 Å². The van der Waals surface area contributed by atoms with Crippen molar-refractivity contribution in [3.8, 4) is 0 Å². The van der Waals surface area contributed by atoms with Crippen LogP contribution in [0.5, 0.6) is 0 Å². The minimum atomic E-state index is -0.448. The average molecular weight is 341 g/mol. The highest BCUT2D eigenvalue weighted by atomic mass is 35.5. The van der Waals surface area contributed by atoms with Crippen LogP contribution < -0.4 is 15.5 Å². The molecule has 2 heterocycles. The Morgan fingerprint density at radius 2 is 2.22 bits per heavy atom. The van der Waals surface area contributed by atoms with Gasteiger partial charge >= 0.3 is 6.03 Å². The number of carbonyl (C=O) groups excluding carboxylic acids is 2. The van der Waals surface area contributed by atoms with Crippen molar-refractivity contribution >= 4 is 29.2 Å². The SMILES string of the molecule is O=C1CN(C(=O)N[C@@H]2CCN(c3ccc(Cl)c(F)c3)C2)CCN1. The first kappa shape index (κ1) is 15.9. The highest BCUT2D eigenvalue weighted by molar-refractivity contribution is 6.30. The maximum atomic E-state index is 13.5. The van der Waals surface area contributed by atoms with Crippen LogP contribution in [0, 0.1) is 5.82 Å². The first-order valence-electron chi connectivity index (χ1n) is 7.55. The number of anilines is 1. The second-order valence-corrected chi connectivity index (χ2v) is 6.16. The van der Waals surface area contributed by atoms with Gasteiger partial charge in [-0.05, 0) is 24.6 Å². The molecule has 2 aliphatic rings. The lowest BCUT2D eigenvalue weighted by Crippen LogP contribution is -2.54. The molecule has 0 aliphatic carbocycles. The molecule has 0 bridgehead atoms. The molecule has 0 unspecified atom stereocenters. The predicted octanol–water partition coefficient (Wildman–Crippen LogP) is 1.20. The third-order valence-electron chi connectivity index (χ3n) is 4.11. The van der Waals surface area contributed by atoms with E-state index in [0.717, 1.165) is 18.7 Å². The van der Waals surface area contributed by atoms with Crippen LogP contribution in [0.3, 0.4) is 0 Å². The molecule has 1 aromatic carbocycles. The molecule has 6 nitrogen and oxygen atoms in total. The van der Waals surface area contributed by atoms with Gasteiger partial charge in [0.05, 0.1) is 5.02 Å². The highest BCUT2D eigenvalue weighted by Gasteiger charge is 2.28. The third-order valence-corrected chi connectivity index (χ3v) is 4.42. The fourth-order valence-corrected chi connectivity index (χ4v) is 2.99. The third kappa shape index (κ3) is 3.67. The van der Waals surface area contributed by atoms with Gasteiger partial charge < -0.3 is 20.4 Å². The second-order valence-electron chi connectivity index (χ2n) is 5.75. The topological polar surface area (TPSA) is 64.7 Å². The molecule has 2 N–H and O–H groups in total. The van der Waals surface area contributed by atoms with Crippen LogP contribution in [0.15, 0.2) is 18.2 Å². The van der Waals surface area contributed by atoms with E-state index in [0.29, 0.717) is 19.6 Å². The van der Waals surface area contributed by atoms with Crippen molar-refractivity contribution in [2.24, 2.45) is 0 Å². The van der Waals surface area contributed by atoms with Crippen molar-refractivity contribution in [1.29, 1.82) is 0 Å². The van der Waals surface area contributed by atoms with Gasteiger partial charge in [-0.3, -0.25) is 4.79 Å². The summed E-state index contributed by atoms with van der Waals surface area (Å²) >= 11 is 5.69. The number of benzene rings is 1. The maximum Gasteiger partial charge on any atom is 0.318 e. The molecule has 3 amide bonds. The molecule has 1 atom stereocenters. The zero-order valence-electron chi connectivity index (χ0n) is 12.5. The van der Waals surface area contributed by atoms with E-state index in [9.17, 15) is 14.0 Å². The van der Waals surface area contributed by atoms with E-state index in [1.807, 2.05) is 4.90 Å². The zero-order valence-corrected chi connectivity index (χ0v) is 13.3. The monoisotopic (exact) mass is 340 g/mol. The van der Waals surface area contributed by atoms with Crippen LogP contribution in [0.1, 0.15) is 6.42 Å². The lowest BCUT2D eigenvalue weighted by molar-refractivity contribution is -0.123. The maximum absolute atomic E-state index is 13.5. The Kier molecular flexibility index (Phi) is 4.56. The summed E-state index contributed by atoms with van der Waals surface area (Å²) in [5, 5.41) is 5.72. The summed E-state index contributed by atoms with van der Waals surface area (Å²) in [7, 11) is 0. The Bertz CT molecular complexity index is 627. The van der Waals surface area contributed by atoms with Crippen molar-refractivity contribution in [2.45, 2.75) is 12.5 Å². The normalized spacial score (nSPS) is 21.3. The number of halogens is 2. The number of urea groups is 1. The number of amides is 3. The van der Waals surface area contributed by atoms with Crippen LogP contribution in [0.2, 0.25) is 5.02 Å². The fraction of sp³-hybridized carbons (Fsp3) is 0.467. The van der Waals surface area contributed by atoms with Gasteiger partial charge in [0.15, 0.2) is 0 Å². The summed E-state index contributed by atoms with van der Waals surface area (Å²) in [6.45, 7) is 2.41. The van der Waals surface area contributed by atoms with E-state index in [4.69, 9.17) is 11.6 Å². The molecular weight excluding hydrogens is 323 g/mol. The number of rotatable bonds is 2. The van der Waals surface area contributed by atoms with Crippen molar-refractivity contribution in [1.82, 2.24) is 15.5 Å². The van der Waals surface area contributed by atoms with E-state index in [2.05, 4.69) is 10.6 Å². The highest BCUT2D eigenvalue weighted by Crippen LogP contribution is 2.25. The molecule has 124 valence electrons. The first-order chi connectivity index (χ1) is 11.0. The van der Waals surface area contributed by atoms with Crippen LogP contribution in [-0.4, -0.2) is 55.6 Å². The van der Waals surface area contributed by atoms with E-state index in [1.165, 1.54) is 17.0 Å². The summed E-state index contributed by atoms with van der Waals surface area (Å²) in [6.07, 6.45) is 0.774. The van der Waals surface area contributed by atoms with Crippen LogP contribution in [0.25, 0.3) is 0 Å². The number of hydrogen-bond acceptors (Lipinski definition) is 3. The molecule has 23 heavy (non-hydrogen) atoms. The molecule has 3 rings (SSSR count). The predicted molar refractivity (Wildman–Crippen MR) is 85.1 cm³/mol. The van der Waals surface area contributed by atoms with E-state index >= 15 is 0 Å². The Labute approximate surface area is 138 Å². The van der Waals surface area contributed by atoms with Gasteiger partial charge in [-0.2, -0.15) is 0 Å². The lowest BCUT2D eigenvalue weighted by atomic mass is 10.2. The quantitative estimate of drug-likeness (QED) is 0.850. The molecular formula is C15H18ClFN4O2. The minimum Gasteiger partial charge on any atom is -0.369 e. The Balaban J connectivity index is 1.56. The van der Waals surface area contributed by atoms with E-state index in [-0.39, 0.29) is 29.5 Å². The molecule has 2 fully saturated rings. The van der Waals surface area contributed by atoms with Gasteiger partial charge in [0.1, 0.15) is 12.4 Å². The smallest absolute Gasteiger partial charge is 0.318 e. The van der Waals surface area contributed by atoms with Gasteiger partial charge in [0.2, 0.25) is 5.91 Å². The number of nitrogens with one attached hydrogen (secondary N) is 2. The number of hydrogen-bond donors (Lipinski definition) is 2. The van der Waals surface area contributed by atoms with Gasteiger partial charge in [0, 0.05) is 37.9 Å². The van der Waals surface area contributed by atoms with E-state index in [1.54, 1.807) is 6.07 Å². The largest absolute Gasteiger partial charge is 0.369 e. The number of nitrogens with zero attached hydrogens (tertiary/aromatic N) is 2. The first-order valence-corrected chi connectivity index (χ1v) is 7.93. The summed E-state index contributed by atoms with van der Waals surface area (Å²) in [4.78, 5) is 27.0. The Hall–Kier alpha value is -2.02. The lowest BCUT2D eigenvalue weighted by Gasteiger charge is -2.28.